The van der Waals surface area contributed by atoms with E-state index in [0.717, 1.165) is 23.1 Å². The second kappa shape index (κ2) is 8.93. The summed E-state index contributed by atoms with van der Waals surface area (Å²) in [6, 6.07) is 15.3. The van der Waals surface area contributed by atoms with Gasteiger partial charge in [0.1, 0.15) is 0 Å². The van der Waals surface area contributed by atoms with Crippen LogP contribution in [0.2, 0.25) is 0 Å². The van der Waals surface area contributed by atoms with Gasteiger partial charge >= 0.3 is 6.03 Å². The van der Waals surface area contributed by atoms with Crippen molar-refractivity contribution in [1.82, 2.24) is 5.32 Å². The Bertz CT molecular complexity index is 683. The van der Waals surface area contributed by atoms with Crippen LogP contribution in [0.5, 0.6) is 0 Å². The van der Waals surface area contributed by atoms with Gasteiger partial charge in [0.15, 0.2) is 0 Å². The van der Waals surface area contributed by atoms with Gasteiger partial charge in [-0.05, 0) is 37.0 Å². The average molecular weight is 347 g/mol. The van der Waals surface area contributed by atoms with E-state index in [9.17, 15) is 4.79 Å². The van der Waals surface area contributed by atoms with E-state index in [1.54, 1.807) is 0 Å². The first-order chi connectivity index (χ1) is 11.0. The number of hydrogen-bond donors (Lipinski definition) is 3. The number of hydrogen-bond acceptors (Lipinski definition) is 2. The van der Waals surface area contributed by atoms with Gasteiger partial charge in [-0.25, -0.2) is 9.69 Å². The lowest BCUT2D eigenvalue weighted by Crippen LogP contribution is -2.48. The maximum atomic E-state index is 12.5. The second-order valence-electron chi connectivity index (χ2n) is 5.43. The van der Waals surface area contributed by atoms with E-state index in [1.165, 1.54) is 4.90 Å². The van der Waals surface area contributed by atoms with Crippen LogP contribution in [0, 0.1) is 19.3 Å². The summed E-state index contributed by atoms with van der Waals surface area (Å²) in [6.45, 7) is 4.28. The van der Waals surface area contributed by atoms with Crippen molar-refractivity contribution in [3.8, 4) is 0 Å². The highest BCUT2D eigenvalue weighted by atomic mass is 35.5. The number of carbonyl (C=O) groups is 1. The van der Waals surface area contributed by atoms with Crippen LogP contribution in [-0.4, -0.2) is 18.5 Å². The first-order valence-corrected chi connectivity index (χ1v) is 7.53. The quantitative estimate of drug-likeness (QED) is 0.586. The minimum atomic E-state index is -0.383. The van der Waals surface area contributed by atoms with E-state index < -0.39 is 0 Å². The molecule has 0 saturated heterocycles. The minimum Gasteiger partial charge on any atom is -0.369 e. The summed E-state index contributed by atoms with van der Waals surface area (Å²) in [6.07, 6.45) is 0.727. The molecule has 128 valence electrons. The zero-order valence-electron chi connectivity index (χ0n) is 13.9. The molecule has 0 atom stereocenters. The Kier molecular flexibility index (Phi) is 7.27. The molecule has 0 heterocycles. The molecule has 4 N–H and O–H groups in total. The van der Waals surface area contributed by atoms with Crippen LogP contribution in [0.3, 0.4) is 0 Å². The number of carbonyl (C=O) groups excluding carboxylic acids is 1. The highest BCUT2D eigenvalue weighted by molar-refractivity contribution is 6.14. The van der Waals surface area contributed by atoms with E-state index in [4.69, 9.17) is 11.1 Å². The summed E-state index contributed by atoms with van der Waals surface area (Å²) >= 11 is 0. The number of halogens is 1. The molecule has 0 aliphatic carbocycles. The Morgan fingerprint density at radius 3 is 2.21 bits per heavy atom. The molecule has 24 heavy (non-hydrogen) atoms. The first-order valence-electron chi connectivity index (χ1n) is 7.53. The fourth-order valence-electron chi connectivity index (χ4n) is 2.53. The maximum absolute atomic E-state index is 12.5. The third-order valence-corrected chi connectivity index (χ3v) is 3.64. The molecule has 0 radical (unpaired) electrons. The zero-order valence-corrected chi connectivity index (χ0v) is 14.7. The summed E-state index contributed by atoms with van der Waals surface area (Å²) in [5, 5.41) is 10.6. The van der Waals surface area contributed by atoms with Crippen molar-refractivity contribution in [1.29, 1.82) is 5.41 Å². The number of nitrogens with one attached hydrogen (secondary N) is 2. The SMILES string of the molecule is Cc1cccc(C)c1N(C(=N)N)C(=O)NCCc1ccccc1.Cl. The van der Waals surface area contributed by atoms with Crippen LogP contribution < -0.4 is 16.0 Å². The number of urea groups is 1. The van der Waals surface area contributed by atoms with Gasteiger partial charge in [0.2, 0.25) is 5.96 Å². The number of nitrogens with two attached hydrogens (primary N) is 1. The molecule has 0 saturated carbocycles. The summed E-state index contributed by atoms with van der Waals surface area (Å²) in [4.78, 5) is 13.7. The molecule has 0 aliphatic rings. The van der Waals surface area contributed by atoms with Crippen LogP contribution in [0.15, 0.2) is 48.5 Å². The number of rotatable bonds is 4. The van der Waals surface area contributed by atoms with Crippen molar-refractivity contribution in [2.75, 3.05) is 11.4 Å². The summed E-state index contributed by atoms with van der Waals surface area (Å²) in [7, 11) is 0. The lowest BCUT2D eigenvalue weighted by Gasteiger charge is -2.24. The van der Waals surface area contributed by atoms with E-state index in [1.807, 2.05) is 62.4 Å². The van der Waals surface area contributed by atoms with E-state index in [2.05, 4.69) is 5.32 Å². The average Bonchev–Trinajstić information content (AvgIpc) is 2.51. The standard InChI is InChI=1S/C18H22N4O.ClH/c1-13-7-6-8-14(2)16(13)22(17(19)20)18(23)21-12-11-15-9-4-3-5-10-15;/h3-10H,11-12H2,1-2H3,(H3,19,20)(H,21,23);1H. The smallest absolute Gasteiger partial charge is 0.328 e. The number of anilines is 1. The van der Waals surface area contributed by atoms with Crippen molar-refractivity contribution in [3.63, 3.8) is 0 Å². The minimum absolute atomic E-state index is 0. The van der Waals surface area contributed by atoms with E-state index in [-0.39, 0.29) is 24.4 Å². The van der Waals surface area contributed by atoms with Gasteiger partial charge in [-0.15, -0.1) is 12.4 Å². The molecular formula is C18H23ClN4O. The van der Waals surface area contributed by atoms with Crippen LogP contribution in [-0.2, 0) is 6.42 Å². The van der Waals surface area contributed by atoms with Crippen molar-refractivity contribution in [2.24, 2.45) is 5.73 Å². The molecule has 2 amide bonds. The van der Waals surface area contributed by atoms with Crippen molar-refractivity contribution >= 4 is 30.1 Å². The van der Waals surface area contributed by atoms with Gasteiger partial charge in [0, 0.05) is 6.54 Å². The zero-order chi connectivity index (χ0) is 16.8. The Labute approximate surface area is 148 Å². The lowest BCUT2D eigenvalue weighted by molar-refractivity contribution is 0.249. The number of aryl methyl sites for hydroxylation is 2. The summed E-state index contributed by atoms with van der Waals surface area (Å²) in [5.41, 5.74) is 9.25. The molecule has 0 unspecified atom stereocenters. The molecule has 0 aromatic heterocycles. The fraction of sp³-hybridized carbons (Fsp3) is 0.222. The molecule has 0 spiro atoms. The van der Waals surface area contributed by atoms with E-state index in [0.29, 0.717) is 12.2 Å². The van der Waals surface area contributed by atoms with Gasteiger partial charge in [-0.2, -0.15) is 0 Å². The number of guanidine groups is 1. The van der Waals surface area contributed by atoms with Gasteiger partial charge in [-0.3, -0.25) is 5.41 Å². The van der Waals surface area contributed by atoms with Crippen molar-refractivity contribution in [3.05, 3.63) is 65.2 Å². The molecule has 0 aliphatic heterocycles. The predicted octanol–water partition coefficient (Wildman–Crippen LogP) is 3.38. The van der Waals surface area contributed by atoms with Crippen LogP contribution in [0.1, 0.15) is 16.7 Å². The molecule has 2 rings (SSSR count). The maximum Gasteiger partial charge on any atom is 0.328 e. The number of nitrogens with zero attached hydrogens (tertiary/aromatic N) is 1. The highest BCUT2D eigenvalue weighted by Gasteiger charge is 2.21. The lowest BCUT2D eigenvalue weighted by atomic mass is 10.1. The van der Waals surface area contributed by atoms with Crippen molar-refractivity contribution < 1.29 is 4.79 Å². The highest BCUT2D eigenvalue weighted by Crippen LogP contribution is 2.24. The molecule has 6 heteroatoms. The Morgan fingerprint density at radius 1 is 1.08 bits per heavy atom. The molecule has 0 fully saturated rings. The molecule has 5 nitrogen and oxygen atoms in total. The third-order valence-electron chi connectivity index (χ3n) is 3.64. The summed E-state index contributed by atoms with van der Waals surface area (Å²) < 4.78 is 0. The first kappa shape index (κ1) is 19.5. The largest absolute Gasteiger partial charge is 0.369 e. The van der Waals surface area contributed by atoms with Gasteiger partial charge in [0.25, 0.3) is 0 Å². The third kappa shape index (κ3) is 4.73. The molecular weight excluding hydrogens is 324 g/mol. The Hall–Kier alpha value is -2.53. The second-order valence-corrected chi connectivity index (χ2v) is 5.43. The monoisotopic (exact) mass is 346 g/mol. The number of para-hydroxylation sites is 1. The molecule has 2 aromatic carbocycles. The predicted molar refractivity (Wildman–Crippen MR) is 101 cm³/mol. The van der Waals surface area contributed by atoms with Gasteiger partial charge in [0.05, 0.1) is 5.69 Å². The Balaban J connectivity index is 0.00000288. The molecule has 0 bridgehead atoms. The van der Waals surface area contributed by atoms with Crippen LogP contribution in [0.4, 0.5) is 10.5 Å². The van der Waals surface area contributed by atoms with Crippen LogP contribution >= 0.6 is 12.4 Å². The van der Waals surface area contributed by atoms with Crippen LogP contribution in [0.25, 0.3) is 0 Å². The topological polar surface area (TPSA) is 82.2 Å². The normalized spacial score (nSPS) is 9.75. The van der Waals surface area contributed by atoms with E-state index >= 15 is 0 Å². The van der Waals surface area contributed by atoms with Gasteiger partial charge < -0.3 is 11.1 Å². The Morgan fingerprint density at radius 2 is 1.67 bits per heavy atom. The van der Waals surface area contributed by atoms with Crippen molar-refractivity contribution in [2.45, 2.75) is 20.3 Å². The molecule has 2 aromatic rings. The van der Waals surface area contributed by atoms with Gasteiger partial charge in [-0.1, -0.05) is 48.5 Å². The fourth-order valence-corrected chi connectivity index (χ4v) is 2.53. The number of benzene rings is 2. The summed E-state index contributed by atoms with van der Waals surface area (Å²) in [5.74, 6) is -0.292. The number of amides is 2.